The number of carboxylic acid groups (broad SMARTS) is 1. The van der Waals surface area contributed by atoms with Gasteiger partial charge in [0, 0.05) is 13.2 Å². The first-order chi connectivity index (χ1) is 10.3. The summed E-state index contributed by atoms with van der Waals surface area (Å²) in [6, 6.07) is 0. The molecule has 0 aromatic rings. The van der Waals surface area contributed by atoms with Gasteiger partial charge in [-0.15, -0.1) is 0 Å². The van der Waals surface area contributed by atoms with Crippen molar-refractivity contribution in [3.63, 3.8) is 0 Å². The summed E-state index contributed by atoms with van der Waals surface area (Å²) in [5.41, 5.74) is -0.559. The zero-order valence-corrected chi connectivity index (χ0v) is 13.6. The first-order valence-electron chi connectivity index (χ1n) is 7.72. The number of ether oxygens (including phenoxy) is 3. The fourth-order valence-electron chi connectivity index (χ4n) is 2.10. The van der Waals surface area contributed by atoms with Crippen LogP contribution in [0, 0.1) is 0 Å². The van der Waals surface area contributed by atoms with Crippen LogP contribution in [0.3, 0.4) is 0 Å². The molecule has 7 nitrogen and oxygen atoms in total. The first kappa shape index (κ1) is 18.7. The Bertz CT molecular complexity index is 360. The molecule has 128 valence electrons. The SMILES string of the molecule is CC(C)(C)OC(=O)NCCC(CC(=O)O)OC1CCCCO1. The van der Waals surface area contributed by atoms with E-state index in [0.29, 0.717) is 19.6 Å². The third-order valence-electron chi connectivity index (χ3n) is 3.02. The van der Waals surface area contributed by atoms with Gasteiger partial charge in [0.1, 0.15) is 5.60 Å². The fraction of sp³-hybridized carbons (Fsp3) is 0.867. The number of alkyl carbamates (subject to hydrolysis) is 1. The number of carbonyl (C=O) groups is 2. The van der Waals surface area contributed by atoms with Crippen molar-refractivity contribution in [1.82, 2.24) is 5.32 Å². The first-order valence-corrected chi connectivity index (χ1v) is 7.72. The highest BCUT2D eigenvalue weighted by atomic mass is 16.7. The highest BCUT2D eigenvalue weighted by molar-refractivity contribution is 5.68. The summed E-state index contributed by atoms with van der Waals surface area (Å²) in [6.45, 7) is 6.27. The van der Waals surface area contributed by atoms with E-state index in [1.807, 2.05) is 0 Å². The summed E-state index contributed by atoms with van der Waals surface area (Å²) in [5, 5.41) is 11.5. The number of carboxylic acids is 1. The van der Waals surface area contributed by atoms with Crippen LogP contribution in [0.4, 0.5) is 4.79 Å². The molecular weight excluding hydrogens is 290 g/mol. The molecule has 0 bridgehead atoms. The minimum Gasteiger partial charge on any atom is -0.481 e. The summed E-state index contributed by atoms with van der Waals surface area (Å²) < 4.78 is 16.3. The van der Waals surface area contributed by atoms with Gasteiger partial charge in [0.25, 0.3) is 0 Å². The van der Waals surface area contributed by atoms with Crippen molar-refractivity contribution in [3.8, 4) is 0 Å². The maximum atomic E-state index is 11.5. The van der Waals surface area contributed by atoms with E-state index >= 15 is 0 Å². The average molecular weight is 317 g/mol. The van der Waals surface area contributed by atoms with Gasteiger partial charge in [-0.1, -0.05) is 0 Å². The van der Waals surface area contributed by atoms with Gasteiger partial charge >= 0.3 is 12.1 Å². The van der Waals surface area contributed by atoms with Gasteiger partial charge in [-0.25, -0.2) is 4.79 Å². The van der Waals surface area contributed by atoms with Gasteiger partial charge in [-0.2, -0.15) is 0 Å². The summed E-state index contributed by atoms with van der Waals surface area (Å²) in [5.74, 6) is -0.932. The standard InChI is InChI=1S/C15H27NO6/c1-15(2,3)22-14(19)16-8-7-11(10-12(17)18)21-13-6-4-5-9-20-13/h11,13H,4-10H2,1-3H3,(H,16,19)(H,17,18). The Morgan fingerprint density at radius 1 is 1.36 bits per heavy atom. The lowest BCUT2D eigenvalue weighted by molar-refractivity contribution is -0.192. The van der Waals surface area contributed by atoms with Crippen molar-refractivity contribution in [2.45, 2.75) is 70.9 Å². The van der Waals surface area contributed by atoms with Crippen LogP contribution in [0.1, 0.15) is 52.9 Å². The molecule has 0 aromatic heterocycles. The number of nitrogens with one attached hydrogen (secondary N) is 1. The van der Waals surface area contributed by atoms with Crippen molar-refractivity contribution < 1.29 is 28.9 Å². The van der Waals surface area contributed by atoms with Crippen LogP contribution in [-0.2, 0) is 19.0 Å². The van der Waals surface area contributed by atoms with Crippen LogP contribution in [0.5, 0.6) is 0 Å². The Hall–Kier alpha value is -1.34. The van der Waals surface area contributed by atoms with E-state index < -0.39 is 23.8 Å². The number of rotatable bonds is 7. The van der Waals surface area contributed by atoms with E-state index in [4.69, 9.17) is 19.3 Å². The number of carbonyl (C=O) groups excluding carboxylic acids is 1. The zero-order valence-electron chi connectivity index (χ0n) is 13.6. The Balaban J connectivity index is 2.34. The smallest absolute Gasteiger partial charge is 0.407 e. The highest BCUT2D eigenvalue weighted by Gasteiger charge is 2.22. The van der Waals surface area contributed by atoms with Crippen molar-refractivity contribution in [2.75, 3.05) is 13.2 Å². The largest absolute Gasteiger partial charge is 0.481 e. The quantitative estimate of drug-likeness (QED) is 0.748. The number of hydrogen-bond acceptors (Lipinski definition) is 5. The molecule has 7 heteroatoms. The van der Waals surface area contributed by atoms with Gasteiger partial charge in [-0.3, -0.25) is 4.79 Å². The fourth-order valence-corrected chi connectivity index (χ4v) is 2.10. The van der Waals surface area contributed by atoms with E-state index in [0.717, 1.165) is 19.3 Å². The van der Waals surface area contributed by atoms with Crippen LogP contribution in [0.15, 0.2) is 0 Å². The third kappa shape index (κ3) is 8.84. The third-order valence-corrected chi connectivity index (χ3v) is 3.02. The van der Waals surface area contributed by atoms with Crippen molar-refractivity contribution >= 4 is 12.1 Å². The molecule has 1 heterocycles. The van der Waals surface area contributed by atoms with Gasteiger partial charge in [0.05, 0.1) is 12.5 Å². The summed E-state index contributed by atoms with van der Waals surface area (Å²) in [4.78, 5) is 22.4. The molecule has 1 rings (SSSR count). The minimum absolute atomic E-state index is 0.115. The Kier molecular flexibility index (Phi) is 7.61. The van der Waals surface area contributed by atoms with Crippen molar-refractivity contribution in [3.05, 3.63) is 0 Å². The molecule has 0 radical (unpaired) electrons. The summed E-state index contributed by atoms with van der Waals surface area (Å²) in [7, 11) is 0. The molecule has 0 saturated carbocycles. The monoisotopic (exact) mass is 317 g/mol. The zero-order chi connectivity index (χ0) is 16.6. The molecule has 22 heavy (non-hydrogen) atoms. The van der Waals surface area contributed by atoms with E-state index in [1.165, 1.54) is 0 Å². The lowest BCUT2D eigenvalue weighted by Crippen LogP contribution is -2.36. The summed E-state index contributed by atoms with van der Waals surface area (Å²) in [6.07, 6.45) is 1.71. The highest BCUT2D eigenvalue weighted by Crippen LogP contribution is 2.18. The second-order valence-corrected chi connectivity index (χ2v) is 6.37. The van der Waals surface area contributed by atoms with Gasteiger partial charge < -0.3 is 24.6 Å². The number of aliphatic carboxylic acids is 1. The van der Waals surface area contributed by atoms with Crippen LogP contribution < -0.4 is 5.32 Å². The molecule has 1 saturated heterocycles. The lowest BCUT2D eigenvalue weighted by Gasteiger charge is -2.27. The Morgan fingerprint density at radius 3 is 2.64 bits per heavy atom. The van der Waals surface area contributed by atoms with Crippen LogP contribution in [0.2, 0.25) is 0 Å². The lowest BCUT2D eigenvalue weighted by atomic mass is 10.1. The number of amides is 1. The molecule has 2 atom stereocenters. The molecule has 1 aliphatic heterocycles. The Morgan fingerprint density at radius 2 is 2.09 bits per heavy atom. The normalized spacial score (nSPS) is 20.2. The van der Waals surface area contributed by atoms with Crippen LogP contribution >= 0.6 is 0 Å². The molecule has 2 N–H and O–H groups in total. The molecular formula is C15H27NO6. The van der Waals surface area contributed by atoms with Crippen LogP contribution in [0.25, 0.3) is 0 Å². The second kappa shape index (κ2) is 8.95. The topological polar surface area (TPSA) is 94.1 Å². The molecule has 0 aromatic carbocycles. The molecule has 1 amide bonds. The molecule has 1 aliphatic rings. The van der Waals surface area contributed by atoms with E-state index in [-0.39, 0.29) is 12.7 Å². The average Bonchev–Trinajstić information content (AvgIpc) is 2.36. The predicted molar refractivity (Wildman–Crippen MR) is 79.6 cm³/mol. The van der Waals surface area contributed by atoms with E-state index in [2.05, 4.69) is 5.32 Å². The maximum absolute atomic E-state index is 11.5. The van der Waals surface area contributed by atoms with Crippen molar-refractivity contribution in [2.24, 2.45) is 0 Å². The van der Waals surface area contributed by atoms with E-state index in [1.54, 1.807) is 20.8 Å². The maximum Gasteiger partial charge on any atom is 0.407 e. The summed E-state index contributed by atoms with van der Waals surface area (Å²) >= 11 is 0. The molecule has 2 unspecified atom stereocenters. The minimum atomic E-state index is -0.932. The van der Waals surface area contributed by atoms with Gasteiger partial charge in [-0.05, 0) is 46.5 Å². The molecule has 1 fully saturated rings. The number of hydrogen-bond donors (Lipinski definition) is 2. The second-order valence-electron chi connectivity index (χ2n) is 6.37. The Labute approximate surface area is 131 Å². The van der Waals surface area contributed by atoms with Gasteiger partial charge in [0.15, 0.2) is 6.29 Å². The van der Waals surface area contributed by atoms with Gasteiger partial charge in [0.2, 0.25) is 0 Å². The van der Waals surface area contributed by atoms with Crippen LogP contribution in [-0.4, -0.2) is 48.3 Å². The molecule has 0 aliphatic carbocycles. The molecule has 0 spiro atoms. The van der Waals surface area contributed by atoms with Crippen molar-refractivity contribution in [1.29, 1.82) is 0 Å². The van der Waals surface area contributed by atoms with E-state index in [9.17, 15) is 9.59 Å². The predicted octanol–water partition coefficient (Wildman–Crippen LogP) is 2.29.